The van der Waals surface area contributed by atoms with Crippen LogP contribution in [0.4, 0.5) is 0 Å². The van der Waals surface area contributed by atoms with E-state index < -0.39 is 0 Å². The number of fused-ring (bicyclic) bond motifs is 1. The summed E-state index contributed by atoms with van der Waals surface area (Å²) in [6.07, 6.45) is 4.29. The Morgan fingerprint density at radius 2 is 2.40 bits per heavy atom. The van der Waals surface area contributed by atoms with Crippen LogP contribution in [0.25, 0.3) is 0 Å². The summed E-state index contributed by atoms with van der Waals surface area (Å²) < 4.78 is 0. The molecule has 2 aliphatic rings. The van der Waals surface area contributed by atoms with Gasteiger partial charge in [0.15, 0.2) is 0 Å². The molecule has 5 heteroatoms. The Bertz CT molecular complexity index is 474. The number of carbonyl (C=O) groups excluding carboxylic acids is 1. The molecule has 20 heavy (non-hydrogen) atoms. The quantitative estimate of drug-likeness (QED) is 0.882. The minimum atomic E-state index is 0.186. The van der Waals surface area contributed by atoms with Gasteiger partial charge in [-0.1, -0.05) is 6.42 Å². The van der Waals surface area contributed by atoms with Gasteiger partial charge >= 0.3 is 0 Å². The molecule has 0 bridgehead atoms. The molecule has 110 valence electrons. The Morgan fingerprint density at radius 1 is 1.50 bits per heavy atom. The van der Waals surface area contributed by atoms with Crippen LogP contribution in [0.2, 0.25) is 0 Å². The van der Waals surface area contributed by atoms with E-state index in [1.807, 2.05) is 4.90 Å². The van der Waals surface area contributed by atoms with Crippen molar-refractivity contribution in [1.29, 1.82) is 0 Å². The number of nitrogens with zero attached hydrogens (tertiary/aromatic N) is 1. The lowest BCUT2D eigenvalue weighted by Gasteiger charge is -2.28. The van der Waals surface area contributed by atoms with Gasteiger partial charge in [0.25, 0.3) is 0 Å². The average Bonchev–Trinajstić information content (AvgIpc) is 3.12. The summed E-state index contributed by atoms with van der Waals surface area (Å²) in [6, 6.07) is 2.44. The molecular formula is C15H22N2O2S. The van der Waals surface area contributed by atoms with Gasteiger partial charge in [0.1, 0.15) is 0 Å². The van der Waals surface area contributed by atoms with Crippen molar-refractivity contribution in [2.75, 3.05) is 19.7 Å². The van der Waals surface area contributed by atoms with E-state index >= 15 is 0 Å². The van der Waals surface area contributed by atoms with Crippen molar-refractivity contribution in [3.8, 4) is 0 Å². The van der Waals surface area contributed by atoms with Crippen LogP contribution in [-0.2, 0) is 17.8 Å². The van der Waals surface area contributed by atoms with Gasteiger partial charge in [0.2, 0.25) is 5.91 Å². The number of nitrogens with one attached hydrogen (secondary N) is 1. The third-order valence-electron chi connectivity index (χ3n) is 4.57. The van der Waals surface area contributed by atoms with E-state index in [2.05, 4.69) is 16.8 Å². The normalized spacial score (nSPS) is 25.8. The molecule has 1 fully saturated rings. The monoisotopic (exact) mass is 294 g/mol. The van der Waals surface area contributed by atoms with E-state index in [0.29, 0.717) is 18.5 Å². The fraction of sp³-hybridized carbons (Fsp3) is 0.667. The molecule has 1 aliphatic carbocycles. The average molecular weight is 294 g/mol. The van der Waals surface area contributed by atoms with Gasteiger partial charge < -0.3 is 15.3 Å². The molecule has 1 aliphatic heterocycles. The maximum absolute atomic E-state index is 12.3. The van der Waals surface area contributed by atoms with Gasteiger partial charge in [-0.25, -0.2) is 0 Å². The lowest BCUT2D eigenvalue weighted by atomic mass is 10.1. The molecule has 2 N–H and O–H groups in total. The predicted molar refractivity (Wildman–Crippen MR) is 79.7 cm³/mol. The second kappa shape index (κ2) is 6.24. The predicted octanol–water partition coefficient (Wildman–Crippen LogP) is 1.38. The molecule has 1 amide bonds. The number of amides is 1. The van der Waals surface area contributed by atoms with Gasteiger partial charge in [0.05, 0.1) is 6.54 Å². The van der Waals surface area contributed by atoms with Gasteiger partial charge in [-0.15, -0.1) is 11.3 Å². The molecule has 2 atom stereocenters. The minimum absolute atomic E-state index is 0.186. The second-order valence-electron chi connectivity index (χ2n) is 5.80. The molecule has 0 spiro atoms. The van der Waals surface area contributed by atoms with Crippen LogP contribution in [0.1, 0.15) is 29.7 Å². The Balaban J connectivity index is 1.50. The lowest BCUT2D eigenvalue weighted by molar-refractivity contribution is -0.131. The van der Waals surface area contributed by atoms with Crippen molar-refractivity contribution in [1.82, 2.24) is 10.2 Å². The van der Waals surface area contributed by atoms with Crippen molar-refractivity contribution in [2.24, 2.45) is 5.92 Å². The number of hydrogen-bond acceptors (Lipinski definition) is 4. The summed E-state index contributed by atoms with van der Waals surface area (Å²) >= 11 is 1.79. The molecule has 4 nitrogen and oxygen atoms in total. The number of aliphatic hydroxyl groups excluding tert-OH is 1. The van der Waals surface area contributed by atoms with E-state index in [9.17, 15) is 9.90 Å². The summed E-state index contributed by atoms with van der Waals surface area (Å²) in [7, 11) is 0. The highest BCUT2D eigenvalue weighted by atomic mass is 32.1. The van der Waals surface area contributed by atoms with Crippen molar-refractivity contribution in [3.63, 3.8) is 0 Å². The number of aliphatic hydroxyl groups is 1. The molecule has 2 unspecified atom stereocenters. The Hall–Kier alpha value is -0.910. The zero-order valence-electron chi connectivity index (χ0n) is 11.7. The molecule has 1 aromatic heterocycles. The molecule has 0 saturated heterocycles. The standard InChI is InChI=1S/C15H22N2O2S/c18-10-12-2-1-3-13(12)16-8-15(19)17-6-4-14-11(9-17)5-7-20-14/h5,7,12-13,16,18H,1-4,6,8-10H2. The van der Waals surface area contributed by atoms with Crippen LogP contribution in [0.5, 0.6) is 0 Å². The first-order chi connectivity index (χ1) is 9.78. The molecule has 1 saturated carbocycles. The number of thiophene rings is 1. The van der Waals surface area contributed by atoms with Crippen LogP contribution in [0.3, 0.4) is 0 Å². The largest absolute Gasteiger partial charge is 0.396 e. The fourth-order valence-electron chi connectivity index (χ4n) is 3.32. The number of hydrogen-bond donors (Lipinski definition) is 2. The van der Waals surface area contributed by atoms with Crippen LogP contribution in [0, 0.1) is 5.92 Å². The Labute approximate surface area is 123 Å². The first-order valence-electron chi connectivity index (χ1n) is 7.45. The molecule has 1 aromatic rings. The first-order valence-corrected chi connectivity index (χ1v) is 8.33. The molecule has 2 heterocycles. The zero-order valence-corrected chi connectivity index (χ0v) is 12.5. The number of rotatable bonds is 4. The zero-order chi connectivity index (χ0) is 13.9. The van der Waals surface area contributed by atoms with E-state index in [1.54, 1.807) is 11.3 Å². The fourth-order valence-corrected chi connectivity index (χ4v) is 4.21. The summed E-state index contributed by atoms with van der Waals surface area (Å²) in [5.41, 5.74) is 1.31. The smallest absolute Gasteiger partial charge is 0.236 e. The Kier molecular flexibility index (Phi) is 4.38. The first kappa shape index (κ1) is 14.0. The molecule has 0 aromatic carbocycles. The highest BCUT2D eigenvalue weighted by Gasteiger charge is 2.28. The summed E-state index contributed by atoms with van der Waals surface area (Å²) in [4.78, 5) is 15.7. The Morgan fingerprint density at radius 3 is 3.25 bits per heavy atom. The van der Waals surface area contributed by atoms with E-state index in [4.69, 9.17) is 0 Å². The maximum atomic E-state index is 12.3. The highest BCUT2D eigenvalue weighted by molar-refractivity contribution is 7.10. The third-order valence-corrected chi connectivity index (χ3v) is 5.59. The van der Waals surface area contributed by atoms with Gasteiger partial charge in [-0.3, -0.25) is 4.79 Å². The van der Waals surface area contributed by atoms with Crippen LogP contribution in [0.15, 0.2) is 11.4 Å². The second-order valence-corrected chi connectivity index (χ2v) is 6.80. The third kappa shape index (κ3) is 2.90. The molecular weight excluding hydrogens is 272 g/mol. The maximum Gasteiger partial charge on any atom is 0.236 e. The summed E-state index contributed by atoms with van der Waals surface area (Å²) in [5.74, 6) is 0.512. The lowest BCUT2D eigenvalue weighted by Crippen LogP contribution is -2.44. The van der Waals surface area contributed by atoms with E-state index in [1.165, 1.54) is 10.4 Å². The van der Waals surface area contributed by atoms with Crippen molar-refractivity contribution in [3.05, 3.63) is 21.9 Å². The van der Waals surface area contributed by atoms with Crippen molar-refractivity contribution >= 4 is 17.2 Å². The van der Waals surface area contributed by atoms with Crippen LogP contribution in [-0.4, -0.2) is 41.7 Å². The van der Waals surface area contributed by atoms with E-state index in [0.717, 1.165) is 38.8 Å². The molecule has 0 radical (unpaired) electrons. The van der Waals surface area contributed by atoms with Crippen LogP contribution < -0.4 is 5.32 Å². The SMILES string of the molecule is O=C(CNC1CCCC1CO)N1CCc2sccc2C1. The summed E-state index contributed by atoms with van der Waals surface area (Å²) in [5, 5.41) is 14.8. The van der Waals surface area contributed by atoms with Gasteiger partial charge in [0, 0.05) is 30.6 Å². The number of carbonyl (C=O) groups is 1. The van der Waals surface area contributed by atoms with Crippen LogP contribution >= 0.6 is 11.3 Å². The van der Waals surface area contributed by atoms with E-state index in [-0.39, 0.29) is 12.5 Å². The molecule has 3 rings (SSSR count). The summed E-state index contributed by atoms with van der Waals surface area (Å²) in [6.45, 7) is 2.23. The highest BCUT2D eigenvalue weighted by Crippen LogP contribution is 2.26. The minimum Gasteiger partial charge on any atom is -0.396 e. The van der Waals surface area contributed by atoms with Gasteiger partial charge in [-0.05, 0) is 42.2 Å². The van der Waals surface area contributed by atoms with Crippen molar-refractivity contribution < 1.29 is 9.90 Å². The van der Waals surface area contributed by atoms with Crippen molar-refractivity contribution in [2.45, 2.75) is 38.3 Å². The van der Waals surface area contributed by atoms with Gasteiger partial charge in [-0.2, -0.15) is 0 Å². The topological polar surface area (TPSA) is 52.6 Å².